The Hall–Kier alpha value is -3.84. The number of hydrogen-bond donors (Lipinski definition) is 1. The number of nitrogens with one attached hydrogen (secondary N) is 1. The Morgan fingerprint density at radius 3 is 2.13 bits per heavy atom. The number of benzene rings is 3. The van der Waals surface area contributed by atoms with E-state index in [0.717, 1.165) is 11.3 Å². The summed E-state index contributed by atoms with van der Waals surface area (Å²) in [6.07, 6.45) is 1.61. The molecule has 0 unspecified atom stereocenters. The third kappa shape index (κ3) is 5.59. The summed E-state index contributed by atoms with van der Waals surface area (Å²) >= 11 is 0. The van der Waals surface area contributed by atoms with E-state index >= 15 is 0 Å². The summed E-state index contributed by atoms with van der Waals surface area (Å²) in [7, 11) is 0. The van der Waals surface area contributed by atoms with Gasteiger partial charge in [-0.15, -0.1) is 0 Å². The summed E-state index contributed by atoms with van der Waals surface area (Å²) in [5.74, 6) is -0.00877. The Balaban J connectivity index is 1.83. The fraction of sp³-hybridized carbons (Fsp3) is 0.154. The fourth-order valence-corrected chi connectivity index (χ4v) is 3.05. The molecule has 0 radical (unpaired) electrons. The van der Waals surface area contributed by atoms with E-state index in [1.54, 1.807) is 6.20 Å². The normalized spacial score (nSPS) is 11.1. The average molecular weight is 396 g/mol. The summed E-state index contributed by atoms with van der Waals surface area (Å²) in [6.45, 7) is 4.79. The minimum absolute atomic E-state index is 0.0442. The van der Waals surface area contributed by atoms with Crippen molar-refractivity contribution in [3.05, 3.63) is 108 Å². The first-order valence-electron chi connectivity index (χ1n) is 9.95. The molecule has 0 saturated heterocycles. The van der Waals surface area contributed by atoms with E-state index in [-0.39, 0.29) is 5.57 Å². The molecule has 3 rings (SSSR count). The number of nitriles is 1. The van der Waals surface area contributed by atoms with Crippen LogP contribution in [-0.2, 0) is 11.3 Å². The smallest absolute Gasteiger partial charge is 0.267 e. The standard InChI is InChI=1S/C26H25N3O/c1-20(2)22-13-15-24(16-14-22)28-26(30)23(17-27)19-29(25-11-7-4-8-12-25)18-21-9-5-3-6-10-21/h3-16,19-20H,18H2,1-2H3,(H,28,30)/b23-19-. The van der Waals surface area contributed by atoms with Crippen LogP contribution in [0.3, 0.4) is 0 Å². The molecule has 0 heterocycles. The minimum Gasteiger partial charge on any atom is -0.342 e. The Labute approximate surface area is 178 Å². The van der Waals surface area contributed by atoms with E-state index in [9.17, 15) is 10.1 Å². The molecule has 0 spiro atoms. The lowest BCUT2D eigenvalue weighted by atomic mass is 10.0. The number of carbonyl (C=O) groups excluding carboxylic acids is 1. The van der Waals surface area contributed by atoms with Gasteiger partial charge in [-0.1, -0.05) is 74.5 Å². The molecule has 4 heteroatoms. The zero-order valence-corrected chi connectivity index (χ0v) is 17.2. The predicted octanol–water partition coefficient (Wildman–Crippen LogP) is 5.86. The molecular formula is C26H25N3O. The van der Waals surface area contributed by atoms with Gasteiger partial charge in [-0.2, -0.15) is 5.26 Å². The van der Waals surface area contributed by atoms with Crippen molar-refractivity contribution in [1.82, 2.24) is 0 Å². The van der Waals surface area contributed by atoms with Crippen LogP contribution in [0.5, 0.6) is 0 Å². The SMILES string of the molecule is CC(C)c1ccc(NC(=O)/C(C#N)=C\N(Cc2ccccc2)c2ccccc2)cc1. The van der Waals surface area contributed by atoms with Gasteiger partial charge in [0.25, 0.3) is 5.91 Å². The Bertz CT molecular complexity index is 1030. The molecule has 1 amide bonds. The highest BCUT2D eigenvalue weighted by Crippen LogP contribution is 2.20. The molecule has 1 N–H and O–H groups in total. The lowest BCUT2D eigenvalue weighted by Crippen LogP contribution is -2.20. The van der Waals surface area contributed by atoms with Crippen LogP contribution >= 0.6 is 0 Å². The number of hydrogen-bond acceptors (Lipinski definition) is 3. The molecule has 30 heavy (non-hydrogen) atoms. The molecule has 150 valence electrons. The lowest BCUT2D eigenvalue weighted by Gasteiger charge is -2.21. The van der Waals surface area contributed by atoms with Crippen LogP contribution in [0.1, 0.15) is 30.9 Å². The van der Waals surface area contributed by atoms with Crippen LogP contribution in [0.25, 0.3) is 0 Å². The van der Waals surface area contributed by atoms with Gasteiger partial charge in [0.1, 0.15) is 11.6 Å². The van der Waals surface area contributed by atoms with E-state index in [1.807, 2.05) is 95.9 Å². The van der Waals surface area contributed by atoms with Crippen molar-refractivity contribution in [2.45, 2.75) is 26.3 Å². The number of para-hydroxylation sites is 1. The number of amides is 1. The van der Waals surface area contributed by atoms with Gasteiger partial charge in [-0.05, 0) is 41.3 Å². The van der Waals surface area contributed by atoms with Gasteiger partial charge in [-0.25, -0.2) is 0 Å². The van der Waals surface area contributed by atoms with Gasteiger partial charge in [-0.3, -0.25) is 4.79 Å². The van der Waals surface area contributed by atoms with Crippen molar-refractivity contribution in [3.8, 4) is 6.07 Å². The summed E-state index contributed by atoms with van der Waals surface area (Å²) in [5, 5.41) is 12.5. The topological polar surface area (TPSA) is 56.1 Å². The monoisotopic (exact) mass is 395 g/mol. The quantitative estimate of drug-likeness (QED) is 0.402. The van der Waals surface area contributed by atoms with Crippen molar-refractivity contribution < 1.29 is 4.79 Å². The van der Waals surface area contributed by atoms with Gasteiger partial charge in [0.15, 0.2) is 0 Å². The summed E-state index contributed by atoms with van der Waals surface area (Å²) in [5.41, 5.74) is 3.90. The van der Waals surface area contributed by atoms with E-state index in [2.05, 4.69) is 19.2 Å². The number of anilines is 2. The molecule has 0 atom stereocenters. The maximum Gasteiger partial charge on any atom is 0.267 e. The van der Waals surface area contributed by atoms with Crippen LogP contribution in [0.2, 0.25) is 0 Å². The maximum atomic E-state index is 12.8. The zero-order valence-electron chi connectivity index (χ0n) is 17.2. The molecule has 3 aromatic carbocycles. The molecule has 4 nitrogen and oxygen atoms in total. The lowest BCUT2D eigenvalue weighted by molar-refractivity contribution is -0.112. The largest absolute Gasteiger partial charge is 0.342 e. The van der Waals surface area contributed by atoms with Gasteiger partial charge in [0, 0.05) is 24.1 Å². The van der Waals surface area contributed by atoms with Crippen LogP contribution in [0.15, 0.2) is 96.7 Å². The summed E-state index contributed by atoms with van der Waals surface area (Å²) < 4.78 is 0. The van der Waals surface area contributed by atoms with E-state index < -0.39 is 5.91 Å². The van der Waals surface area contributed by atoms with Gasteiger partial charge >= 0.3 is 0 Å². The number of nitrogens with zero attached hydrogens (tertiary/aromatic N) is 2. The Kier molecular flexibility index (Phi) is 7.02. The summed E-state index contributed by atoms with van der Waals surface area (Å²) in [4.78, 5) is 14.7. The highest BCUT2D eigenvalue weighted by atomic mass is 16.1. The molecule has 0 aromatic heterocycles. The molecule has 0 aliphatic carbocycles. The van der Waals surface area contributed by atoms with Crippen LogP contribution < -0.4 is 10.2 Å². The van der Waals surface area contributed by atoms with Crippen molar-refractivity contribution in [1.29, 1.82) is 5.26 Å². The second-order valence-electron chi connectivity index (χ2n) is 7.33. The van der Waals surface area contributed by atoms with E-state index in [0.29, 0.717) is 18.2 Å². The Morgan fingerprint density at radius 1 is 0.967 bits per heavy atom. The zero-order chi connectivity index (χ0) is 21.3. The first-order chi connectivity index (χ1) is 14.6. The van der Waals surface area contributed by atoms with Crippen molar-refractivity contribution >= 4 is 17.3 Å². The predicted molar refractivity (Wildman–Crippen MR) is 122 cm³/mol. The molecule has 0 bridgehead atoms. The third-order valence-electron chi connectivity index (χ3n) is 4.77. The first kappa shape index (κ1) is 20.9. The third-order valence-corrected chi connectivity index (χ3v) is 4.77. The van der Waals surface area contributed by atoms with Crippen LogP contribution in [0, 0.1) is 11.3 Å². The van der Waals surface area contributed by atoms with E-state index in [1.165, 1.54) is 5.56 Å². The minimum atomic E-state index is -0.427. The Morgan fingerprint density at radius 2 is 1.57 bits per heavy atom. The molecule has 0 saturated carbocycles. The van der Waals surface area contributed by atoms with Crippen molar-refractivity contribution in [2.75, 3.05) is 10.2 Å². The van der Waals surface area contributed by atoms with Gasteiger partial charge in [0.05, 0.1) is 0 Å². The highest BCUT2D eigenvalue weighted by Gasteiger charge is 2.13. The number of carbonyl (C=O) groups is 1. The van der Waals surface area contributed by atoms with E-state index in [4.69, 9.17) is 0 Å². The van der Waals surface area contributed by atoms with Crippen LogP contribution in [0.4, 0.5) is 11.4 Å². The molecular weight excluding hydrogens is 370 g/mol. The second-order valence-corrected chi connectivity index (χ2v) is 7.33. The van der Waals surface area contributed by atoms with Crippen molar-refractivity contribution in [3.63, 3.8) is 0 Å². The van der Waals surface area contributed by atoms with Crippen molar-refractivity contribution in [2.24, 2.45) is 0 Å². The first-order valence-corrected chi connectivity index (χ1v) is 9.95. The molecule has 0 fully saturated rings. The fourth-order valence-electron chi connectivity index (χ4n) is 3.05. The molecule has 0 aliphatic heterocycles. The van der Waals surface area contributed by atoms with Crippen LogP contribution in [-0.4, -0.2) is 5.91 Å². The second kappa shape index (κ2) is 10.1. The summed E-state index contributed by atoms with van der Waals surface area (Å²) in [6, 6.07) is 29.4. The molecule has 3 aromatic rings. The van der Waals surface area contributed by atoms with Gasteiger partial charge < -0.3 is 10.2 Å². The number of rotatable bonds is 7. The molecule has 0 aliphatic rings. The van der Waals surface area contributed by atoms with Gasteiger partial charge in [0.2, 0.25) is 0 Å². The average Bonchev–Trinajstić information content (AvgIpc) is 2.78. The maximum absolute atomic E-state index is 12.8. The highest BCUT2D eigenvalue weighted by molar-refractivity contribution is 6.06.